The maximum absolute atomic E-state index is 13.1. The predicted molar refractivity (Wildman–Crippen MR) is 108 cm³/mol. The Labute approximate surface area is 170 Å². The Morgan fingerprint density at radius 3 is 2.83 bits per heavy atom. The molecule has 2 aromatic heterocycles. The minimum atomic E-state index is -0.797. The number of H-pyrrole nitrogens is 1. The van der Waals surface area contributed by atoms with E-state index in [0.29, 0.717) is 34.2 Å². The molecule has 9 nitrogen and oxygen atoms in total. The number of nitrogens with one attached hydrogen (secondary N) is 1. The fourth-order valence-corrected chi connectivity index (χ4v) is 3.87. The van der Waals surface area contributed by atoms with Crippen molar-refractivity contribution in [3.63, 3.8) is 0 Å². The molecule has 150 valence electrons. The molecular formula is C21H17N5O4. The van der Waals surface area contributed by atoms with Crippen LogP contribution in [0.2, 0.25) is 0 Å². The molecule has 2 aromatic carbocycles. The highest BCUT2D eigenvalue weighted by Gasteiger charge is 2.44. The third-order valence-corrected chi connectivity index (χ3v) is 5.26. The molecule has 0 saturated heterocycles. The Balaban J connectivity index is 1.69. The number of benzene rings is 2. The lowest BCUT2D eigenvalue weighted by molar-refractivity contribution is -0.118. The first-order valence-electron chi connectivity index (χ1n) is 9.53. The van der Waals surface area contributed by atoms with Crippen molar-refractivity contribution in [2.24, 2.45) is 0 Å². The van der Waals surface area contributed by atoms with E-state index in [1.54, 1.807) is 42.7 Å². The van der Waals surface area contributed by atoms with Crippen molar-refractivity contribution in [1.29, 1.82) is 0 Å². The van der Waals surface area contributed by atoms with E-state index in [0.717, 1.165) is 5.52 Å². The van der Waals surface area contributed by atoms with E-state index in [4.69, 9.17) is 4.63 Å². The van der Waals surface area contributed by atoms with Crippen LogP contribution in [0.5, 0.6) is 0 Å². The molecule has 0 saturated carbocycles. The Bertz CT molecular complexity index is 1340. The van der Waals surface area contributed by atoms with Crippen LogP contribution in [-0.4, -0.2) is 37.1 Å². The number of fused-ring (bicyclic) bond motifs is 2. The summed E-state index contributed by atoms with van der Waals surface area (Å²) in [6.45, 7) is 1.87. The summed E-state index contributed by atoms with van der Waals surface area (Å²) in [5.41, 5.74) is 3.77. The molecule has 5 rings (SSSR count). The van der Waals surface area contributed by atoms with Gasteiger partial charge in [-0.1, -0.05) is 13.0 Å². The number of hydrogen-bond donors (Lipinski definition) is 2. The number of nitrogens with zero attached hydrogens (tertiary/aromatic N) is 4. The molecule has 9 heteroatoms. The van der Waals surface area contributed by atoms with Gasteiger partial charge in [-0.25, -0.2) is 9.61 Å². The summed E-state index contributed by atoms with van der Waals surface area (Å²) in [5.74, 6) is -1.43. The molecule has 1 atom stereocenters. The van der Waals surface area contributed by atoms with E-state index in [2.05, 4.69) is 20.3 Å². The number of aromatic nitrogens is 4. The van der Waals surface area contributed by atoms with Crippen molar-refractivity contribution in [3.8, 4) is 0 Å². The first-order chi connectivity index (χ1) is 14.6. The molecule has 2 N–H and O–H groups in total. The van der Waals surface area contributed by atoms with Crippen molar-refractivity contribution < 1.29 is 19.3 Å². The molecular weight excluding hydrogens is 386 g/mol. The Morgan fingerprint density at radius 1 is 1.17 bits per heavy atom. The minimum absolute atomic E-state index is 0.0831. The summed E-state index contributed by atoms with van der Waals surface area (Å²) < 4.78 is 4.77. The van der Waals surface area contributed by atoms with Crippen molar-refractivity contribution in [2.75, 3.05) is 4.90 Å². The zero-order valence-electron chi connectivity index (χ0n) is 16.0. The molecule has 0 radical (unpaired) electrons. The summed E-state index contributed by atoms with van der Waals surface area (Å²) in [6.07, 6.45) is 2.39. The fraction of sp³-hybridized carbons (Fsp3) is 0.190. The number of aliphatic hydroxyl groups is 1. The average molecular weight is 403 g/mol. The van der Waals surface area contributed by atoms with Gasteiger partial charge in [0.05, 0.1) is 29.0 Å². The number of aliphatic hydroxyl groups excluding tert-OH is 1. The average Bonchev–Trinajstić information content (AvgIpc) is 3.45. The van der Waals surface area contributed by atoms with Crippen molar-refractivity contribution in [2.45, 2.75) is 25.8 Å². The third-order valence-electron chi connectivity index (χ3n) is 5.26. The number of rotatable bonds is 5. The lowest BCUT2D eigenvalue weighted by Crippen LogP contribution is -2.31. The van der Waals surface area contributed by atoms with E-state index < -0.39 is 17.7 Å². The van der Waals surface area contributed by atoms with Crippen molar-refractivity contribution >= 4 is 39.4 Å². The lowest BCUT2D eigenvalue weighted by atomic mass is 9.93. The fourth-order valence-electron chi connectivity index (χ4n) is 3.87. The number of carbonyl (C=O) groups is 2. The van der Waals surface area contributed by atoms with E-state index in [1.165, 1.54) is 4.90 Å². The van der Waals surface area contributed by atoms with Gasteiger partial charge in [-0.3, -0.25) is 14.5 Å². The Hall–Kier alpha value is -4.01. The number of aromatic amines is 1. The van der Waals surface area contributed by atoms with Crippen molar-refractivity contribution in [1.82, 2.24) is 20.3 Å². The molecule has 0 spiro atoms. The molecule has 0 fully saturated rings. The van der Waals surface area contributed by atoms with Crippen LogP contribution in [0, 0.1) is 0 Å². The molecule has 0 bridgehead atoms. The Morgan fingerprint density at radius 2 is 2.00 bits per heavy atom. The quantitative estimate of drug-likeness (QED) is 0.523. The molecule has 1 unspecified atom stereocenters. The summed E-state index contributed by atoms with van der Waals surface area (Å²) in [4.78, 5) is 34.6. The van der Waals surface area contributed by atoms with Crippen LogP contribution in [-0.2, 0) is 9.59 Å². The smallest absolute Gasteiger partial charge is 0.294 e. The predicted octanol–water partition coefficient (Wildman–Crippen LogP) is 3.37. The standard InChI is InChI=1S/C21H17N5O4/c1-2-3-17(27)18-19(11-4-6-14-16(8-11)25-30-24-14)26(21(29)20(18)28)12-5-7-13-15(9-12)23-10-22-13/h4-10,19,28H,2-3H2,1H3,(H,22,23). The van der Waals surface area contributed by atoms with Gasteiger partial charge in [-0.05, 0) is 52.6 Å². The van der Waals surface area contributed by atoms with Gasteiger partial charge in [0.15, 0.2) is 11.5 Å². The van der Waals surface area contributed by atoms with Crippen LogP contribution in [0.15, 0.2) is 58.7 Å². The zero-order valence-corrected chi connectivity index (χ0v) is 16.0. The van der Waals surface area contributed by atoms with Crippen LogP contribution in [0.25, 0.3) is 22.1 Å². The number of Topliss-reactive ketones (excluding diaryl/α,β-unsaturated/α-hetero) is 1. The third kappa shape index (κ3) is 2.66. The van der Waals surface area contributed by atoms with Gasteiger partial charge in [0.25, 0.3) is 5.91 Å². The molecule has 1 amide bonds. The second-order valence-corrected chi connectivity index (χ2v) is 7.13. The molecule has 30 heavy (non-hydrogen) atoms. The number of carbonyl (C=O) groups excluding carboxylic acids is 2. The van der Waals surface area contributed by atoms with E-state index in [-0.39, 0.29) is 17.8 Å². The summed E-state index contributed by atoms with van der Waals surface area (Å²) in [6, 6.07) is 9.67. The number of imidazole rings is 1. The van der Waals surface area contributed by atoms with Crippen molar-refractivity contribution in [3.05, 3.63) is 59.6 Å². The zero-order chi connectivity index (χ0) is 20.8. The highest BCUT2D eigenvalue weighted by molar-refractivity contribution is 6.16. The maximum atomic E-state index is 13.1. The van der Waals surface area contributed by atoms with Gasteiger partial charge in [-0.15, -0.1) is 0 Å². The van der Waals surface area contributed by atoms with Gasteiger partial charge >= 0.3 is 0 Å². The van der Waals surface area contributed by atoms with Crippen LogP contribution >= 0.6 is 0 Å². The largest absolute Gasteiger partial charge is 0.503 e. The summed E-state index contributed by atoms with van der Waals surface area (Å²) in [5, 5.41) is 18.3. The minimum Gasteiger partial charge on any atom is -0.503 e. The summed E-state index contributed by atoms with van der Waals surface area (Å²) in [7, 11) is 0. The van der Waals surface area contributed by atoms with Gasteiger partial charge in [0.1, 0.15) is 11.0 Å². The maximum Gasteiger partial charge on any atom is 0.294 e. The van der Waals surface area contributed by atoms with Crippen LogP contribution in [0.3, 0.4) is 0 Å². The molecule has 1 aliphatic heterocycles. The van der Waals surface area contributed by atoms with Crippen LogP contribution < -0.4 is 4.90 Å². The number of amides is 1. The van der Waals surface area contributed by atoms with Gasteiger partial charge in [0, 0.05) is 12.1 Å². The van der Waals surface area contributed by atoms with E-state index in [1.807, 2.05) is 6.92 Å². The molecule has 1 aliphatic rings. The first-order valence-corrected chi connectivity index (χ1v) is 9.53. The second-order valence-electron chi connectivity index (χ2n) is 7.13. The second kappa shape index (κ2) is 6.80. The normalized spacial score (nSPS) is 16.9. The lowest BCUT2D eigenvalue weighted by Gasteiger charge is -2.27. The first kappa shape index (κ1) is 18.0. The molecule has 3 heterocycles. The van der Waals surface area contributed by atoms with Crippen LogP contribution in [0.1, 0.15) is 31.4 Å². The highest BCUT2D eigenvalue weighted by Crippen LogP contribution is 2.42. The summed E-state index contributed by atoms with van der Waals surface area (Å²) >= 11 is 0. The number of anilines is 1. The van der Waals surface area contributed by atoms with E-state index in [9.17, 15) is 14.7 Å². The van der Waals surface area contributed by atoms with E-state index >= 15 is 0 Å². The monoisotopic (exact) mass is 403 g/mol. The SMILES string of the molecule is CCCC(=O)C1=C(O)C(=O)N(c2ccc3[nH]cnc3c2)C1c1ccc2nonc2c1. The number of hydrogen-bond acceptors (Lipinski definition) is 7. The number of ketones is 1. The van der Waals surface area contributed by atoms with Gasteiger partial charge in [-0.2, -0.15) is 0 Å². The highest BCUT2D eigenvalue weighted by atomic mass is 16.6. The molecule has 0 aliphatic carbocycles. The Kier molecular flexibility index (Phi) is 4.09. The molecule has 4 aromatic rings. The van der Waals surface area contributed by atoms with Crippen LogP contribution in [0.4, 0.5) is 5.69 Å². The van der Waals surface area contributed by atoms with Gasteiger partial charge < -0.3 is 10.1 Å². The topological polar surface area (TPSA) is 125 Å². The van der Waals surface area contributed by atoms with Gasteiger partial charge in [0.2, 0.25) is 0 Å².